The Labute approximate surface area is 144 Å². The molecule has 2 aliphatic rings. The Balaban J connectivity index is 1.62. The maximum Gasteiger partial charge on any atom is 0.309 e. The Bertz CT molecular complexity index is 666. The number of carbonyl (C=O) groups excluding carboxylic acids is 2. The van der Waals surface area contributed by atoms with Crippen LogP contribution in [0.1, 0.15) is 24.8 Å². The zero-order valence-electron chi connectivity index (χ0n) is 13.1. The van der Waals surface area contributed by atoms with E-state index in [4.69, 9.17) is 11.6 Å². The topological polar surface area (TPSA) is 86.7 Å². The average molecular weight is 351 g/mol. The van der Waals surface area contributed by atoms with Crippen LogP contribution in [0.5, 0.6) is 0 Å². The van der Waals surface area contributed by atoms with Crippen molar-refractivity contribution in [3.8, 4) is 0 Å². The number of carboxylic acids is 1. The number of amides is 2. The van der Waals surface area contributed by atoms with E-state index in [1.54, 1.807) is 17.0 Å². The molecule has 6 nitrogen and oxygen atoms in total. The first-order chi connectivity index (χ1) is 11.4. The fourth-order valence-electron chi connectivity index (χ4n) is 3.64. The molecule has 1 aromatic rings. The summed E-state index contributed by atoms with van der Waals surface area (Å²) in [6.45, 7) is 0.910. The van der Waals surface area contributed by atoms with Gasteiger partial charge in [0.05, 0.1) is 17.9 Å². The van der Waals surface area contributed by atoms with Crippen molar-refractivity contribution in [2.24, 2.45) is 5.92 Å². The van der Waals surface area contributed by atoms with Gasteiger partial charge in [-0.05, 0) is 30.5 Å². The summed E-state index contributed by atoms with van der Waals surface area (Å²) in [6.07, 6.45) is 1.26. The van der Waals surface area contributed by atoms with E-state index in [0.29, 0.717) is 37.4 Å². The van der Waals surface area contributed by atoms with Gasteiger partial charge in [-0.3, -0.25) is 14.4 Å². The van der Waals surface area contributed by atoms with Crippen LogP contribution in [0.25, 0.3) is 0 Å². The summed E-state index contributed by atoms with van der Waals surface area (Å²) in [5.41, 5.74) is 0.183. The van der Waals surface area contributed by atoms with E-state index in [2.05, 4.69) is 5.32 Å². The lowest BCUT2D eigenvalue weighted by Gasteiger charge is -2.41. The van der Waals surface area contributed by atoms with E-state index >= 15 is 0 Å². The van der Waals surface area contributed by atoms with Gasteiger partial charge in [0.25, 0.3) is 0 Å². The van der Waals surface area contributed by atoms with Gasteiger partial charge in [0.15, 0.2) is 0 Å². The van der Waals surface area contributed by atoms with E-state index < -0.39 is 17.4 Å². The Hall–Kier alpha value is -2.08. The fourth-order valence-corrected chi connectivity index (χ4v) is 3.76. The van der Waals surface area contributed by atoms with Crippen LogP contribution in [-0.4, -0.2) is 46.4 Å². The highest BCUT2D eigenvalue weighted by Crippen LogP contribution is 2.37. The number of hydrogen-bond donors (Lipinski definition) is 2. The van der Waals surface area contributed by atoms with E-state index in [0.717, 1.165) is 5.56 Å². The Kier molecular flexibility index (Phi) is 4.49. The lowest BCUT2D eigenvalue weighted by Crippen LogP contribution is -2.56. The van der Waals surface area contributed by atoms with Crippen LogP contribution in [0.2, 0.25) is 5.02 Å². The summed E-state index contributed by atoms with van der Waals surface area (Å²) in [4.78, 5) is 37.2. The smallest absolute Gasteiger partial charge is 0.309 e. The number of nitrogens with zero attached hydrogens (tertiary/aromatic N) is 1. The Morgan fingerprint density at radius 3 is 2.46 bits per heavy atom. The van der Waals surface area contributed by atoms with E-state index in [-0.39, 0.29) is 18.2 Å². The lowest BCUT2D eigenvalue weighted by molar-refractivity contribution is -0.145. The number of piperidine rings is 1. The van der Waals surface area contributed by atoms with E-state index in [1.165, 1.54) is 0 Å². The number of nitrogens with one attached hydrogen (secondary N) is 1. The van der Waals surface area contributed by atoms with Gasteiger partial charge < -0.3 is 15.3 Å². The molecular formula is C17H19ClN2O4. The maximum atomic E-state index is 12.4. The molecule has 7 heteroatoms. The number of benzene rings is 1. The normalized spacial score (nSPS) is 22.5. The third-order valence-electron chi connectivity index (χ3n) is 5.02. The third kappa shape index (κ3) is 3.24. The molecule has 1 unspecified atom stereocenters. The zero-order valence-corrected chi connectivity index (χ0v) is 13.9. The second kappa shape index (κ2) is 6.43. The second-order valence-corrected chi connectivity index (χ2v) is 6.92. The zero-order chi connectivity index (χ0) is 17.3. The van der Waals surface area contributed by atoms with Gasteiger partial charge in [-0.15, -0.1) is 0 Å². The molecule has 0 aromatic heterocycles. The van der Waals surface area contributed by atoms with Crippen LogP contribution in [0.4, 0.5) is 0 Å². The molecule has 0 radical (unpaired) electrons. The highest BCUT2D eigenvalue weighted by molar-refractivity contribution is 6.30. The number of hydrogen-bond acceptors (Lipinski definition) is 3. The largest absolute Gasteiger partial charge is 0.481 e. The van der Waals surface area contributed by atoms with Gasteiger partial charge in [-0.1, -0.05) is 23.7 Å². The first-order valence-corrected chi connectivity index (χ1v) is 8.33. The van der Waals surface area contributed by atoms with Crippen molar-refractivity contribution in [2.45, 2.75) is 31.2 Å². The molecule has 2 aliphatic heterocycles. The van der Waals surface area contributed by atoms with Gasteiger partial charge in [0.1, 0.15) is 0 Å². The van der Waals surface area contributed by atoms with Gasteiger partial charge in [0.2, 0.25) is 11.8 Å². The summed E-state index contributed by atoms with van der Waals surface area (Å²) in [5, 5.41) is 12.8. The van der Waals surface area contributed by atoms with Crippen LogP contribution in [0, 0.1) is 5.92 Å². The van der Waals surface area contributed by atoms with Crippen molar-refractivity contribution < 1.29 is 19.5 Å². The van der Waals surface area contributed by atoms with Crippen LogP contribution >= 0.6 is 11.6 Å². The second-order valence-electron chi connectivity index (χ2n) is 6.48. The molecule has 3 rings (SSSR count). The number of halogens is 1. The third-order valence-corrected chi connectivity index (χ3v) is 5.27. The summed E-state index contributed by atoms with van der Waals surface area (Å²) in [5.74, 6) is -1.88. The predicted molar refractivity (Wildman–Crippen MR) is 87.6 cm³/mol. The standard InChI is InChI=1S/C17H19ClN2O4/c18-12-3-1-11(2-4-12)9-15(22)20-7-5-17(6-8-20)13(16(23)24)10-14(21)19-17/h1-4,13H,5-10H2,(H,19,21)(H,23,24). The molecule has 2 amide bonds. The first-order valence-electron chi connectivity index (χ1n) is 7.96. The Morgan fingerprint density at radius 1 is 1.25 bits per heavy atom. The molecule has 2 fully saturated rings. The van der Waals surface area contributed by atoms with Crippen molar-refractivity contribution in [3.05, 3.63) is 34.9 Å². The fraction of sp³-hybridized carbons (Fsp3) is 0.471. The van der Waals surface area contributed by atoms with Gasteiger partial charge in [-0.25, -0.2) is 0 Å². The van der Waals surface area contributed by atoms with E-state index in [9.17, 15) is 19.5 Å². The number of carboxylic acid groups (broad SMARTS) is 1. The molecule has 0 saturated carbocycles. The van der Waals surface area contributed by atoms with Gasteiger partial charge in [-0.2, -0.15) is 0 Å². The number of carbonyl (C=O) groups is 3. The van der Waals surface area contributed by atoms with Crippen molar-refractivity contribution >= 4 is 29.4 Å². The SMILES string of the molecule is O=C1CC(C(=O)O)C2(CCN(C(=O)Cc3ccc(Cl)cc3)CC2)N1. The Morgan fingerprint density at radius 2 is 1.88 bits per heavy atom. The van der Waals surface area contributed by atoms with Gasteiger partial charge in [0, 0.05) is 24.5 Å². The summed E-state index contributed by atoms with van der Waals surface area (Å²) in [7, 11) is 0. The lowest BCUT2D eigenvalue weighted by atomic mass is 9.77. The highest BCUT2D eigenvalue weighted by Gasteiger charge is 2.51. The maximum absolute atomic E-state index is 12.4. The first kappa shape index (κ1) is 16.8. The molecule has 2 saturated heterocycles. The van der Waals surface area contributed by atoms with Crippen LogP contribution in [0.3, 0.4) is 0 Å². The van der Waals surface area contributed by atoms with E-state index in [1.807, 2.05) is 12.1 Å². The van der Waals surface area contributed by atoms with Crippen LogP contribution in [0.15, 0.2) is 24.3 Å². The molecule has 24 heavy (non-hydrogen) atoms. The minimum absolute atomic E-state index is 0.00312. The van der Waals surface area contributed by atoms with Crippen molar-refractivity contribution in [2.75, 3.05) is 13.1 Å². The minimum Gasteiger partial charge on any atom is -0.481 e. The predicted octanol–water partition coefficient (Wildman–Crippen LogP) is 1.46. The molecule has 2 N–H and O–H groups in total. The van der Waals surface area contributed by atoms with Crippen molar-refractivity contribution in [3.63, 3.8) is 0 Å². The molecule has 128 valence electrons. The molecule has 0 aliphatic carbocycles. The summed E-state index contributed by atoms with van der Waals surface area (Å²) in [6, 6.07) is 7.15. The molecule has 1 spiro atoms. The van der Waals surface area contributed by atoms with Crippen molar-refractivity contribution in [1.82, 2.24) is 10.2 Å². The monoisotopic (exact) mass is 350 g/mol. The molecule has 1 atom stereocenters. The van der Waals surface area contributed by atoms with Crippen molar-refractivity contribution in [1.29, 1.82) is 0 Å². The molecule has 0 bridgehead atoms. The van der Waals surface area contributed by atoms with Gasteiger partial charge >= 0.3 is 5.97 Å². The molecular weight excluding hydrogens is 332 g/mol. The molecule has 2 heterocycles. The summed E-state index contributed by atoms with van der Waals surface area (Å²) >= 11 is 5.84. The average Bonchev–Trinajstić information content (AvgIpc) is 2.86. The van der Waals surface area contributed by atoms with Crippen LogP contribution < -0.4 is 5.32 Å². The minimum atomic E-state index is -0.950. The quantitative estimate of drug-likeness (QED) is 0.864. The number of rotatable bonds is 3. The van der Waals surface area contributed by atoms with Crippen LogP contribution in [-0.2, 0) is 20.8 Å². The highest BCUT2D eigenvalue weighted by atomic mass is 35.5. The number of likely N-dealkylation sites (tertiary alicyclic amines) is 1. The molecule has 1 aromatic carbocycles. The summed E-state index contributed by atoms with van der Waals surface area (Å²) < 4.78 is 0. The number of aliphatic carboxylic acids is 1.